The van der Waals surface area contributed by atoms with Crippen molar-refractivity contribution in [1.29, 1.82) is 0 Å². The number of aryl methyl sites for hydroxylation is 1. The van der Waals surface area contributed by atoms with E-state index in [9.17, 15) is 18.4 Å². The highest BCUT2D eigenvalue weighted by atomic mass is 32.1. The van der Waals surface area contributed by atoms with E-state index in [4.69, 9.17) is 0 Å². The van der Waals surface area contributed by atoms with Gasteiger partial charge in [0.05, 0.1) is 11.6 Å². The summed E-state index contributed by atoms with van der Waals surface area (Å²) in [5.74, 6) is -1.63. The van der Waals surface area contributed by atoms with Gasteiger partial charge < -0.3 is 5.32 Å². The number of aromatic nitrogens is 1. The van der Waals surface area contributed by atoms with E-state index in [-0.39, 0.29) is 23.5 Å². The molecule has 5 nitrogen and oxygen atoms in total. The van der Waals surface area contributed by atoms with Gasteiger partial charge in [-0.25, -0.2) is 13.8 Å². The van der Waals surface area contributed by atoms with E-state index >= 15 is 0 Å². The number of hydrogen-bond acceptors (Lipinski definition) is 4. The number of thiazole rings is 1. The molecule has 29 heavy (non-hydrogen) atoms. The Bertz CT molecular complexity index is 1050. The Morgan fingerprint density at radius 3 is 2.38 bits per heavy atom. The molecular formula is C21H17F2N3O2S. The number of carbonyl (C=O) groups is 2. The number of hydrogen-bond donors (Lipinski definition) is 2. The molecule has 2 aromatic carbocycles. The highest BCUT2D eigenvalue weighted by Gasteiger charge is 2.32. The zero-order chi connectivity index (χ0) is 20.4. The van der Waals surface area contributed by atoms with E-state index in [0.717, 1.165) is 10.4 Å². The van der Waals surface area contributed by atoms with Crippen LogP contribution in [0, 0.1) is 11.6 Å². The molecule has 4 rings (SSSR count). The van der Waals surface area contributed by atoms with E-state index in [1.165, 1.54) is 47.7 Å². The molecule has 0 aliphatic heterocycles. The molecule has 0 saturated carbocycles. The number of anilines is 1. The molecule has 1 aromatic heterocycles. The largest absolute Gasteiger partial charge is 0.351 e. The van der Waals surface area contributed by atoms with Crippen LogP contribution in [-0.4, -0.2) is 16.8 Å². The molecule has 8 heteroatoms. The Morgan fingerprint density at radius 1 is 1.03 bits per heavy atom. The summed E-state index contributed by atoms with van der Waals surface area (Å²) in [5.41, 5.74) is 1.82. The van der Waals surface area contributed by atoms with E-state index in [2.05, 4.69) is 15.6 Å². The predicted molar refractivity (Wildman–Crippen MR) is 106 cm³/mol. The minimum absolute atomic E-state index is 0.144. The summed E-state index contributed by atoms with van der Waals surface area (Å²) in [6, 6.07) is 11.2. The van der Waals surface area contributed by atoms with Crippen molar-refractivity contribution < 1.29 is 18.4 Å². The maximum atomic E-state index is 13.0. The molecule has 0 radical (unpaired) electrons. The molecule has 1 aliphatic rings. The van der Waals surface area contributed by atoms with Crippen LogP contribution in [0.15, 0.2) is 48.5 Å². The second kappa shape index (κ2) is 8.08. The first kappa shape index (κ1) is 19.2. The van der Waals surface area contributed by atoms with E-state index < -0.39 is 5.82 Å². The van der Waals surface area contributed by atoms with Gasteiger partial charge in [-0.3, -0.25) is 14.9 Å². The van der Waals surface area contributed by atoms with Crippen LogP contribution in [0.2, 0.25) is 0 Å². The van der Waals surface area contributed by atoms with Crippen LogP contribution >= 0.6 is 11.3 Å². The lowest BCUT2D eigenvalue weighted by Gasteiger charge is -2.11. The zero-order valence-corrected chi connectivity index (χ0v) is 16.1. The summed E-state index contributed by atoms with van der Waals surface area (Å²) in [5, 5.41) is 5.99. The Morgan fingerprint density at radius 2 is 1.69 bits per heavy atom. The Labute approximate surface area is 169 Å². The second-order valence-corrected chi connectivity index (χ2v) is 7.81. The van der Waals surface area contributed by atoms with Gasteiger partial charge in [0.15, 0.2) is 5.13 Å². The van der Waals surface area contributed by atoms with Crippen molar-refractivity contribution in [3.63, 3.8) is 0 Å². The highest BCUT2D eigenvalue weighted by molar-refractivity contribution is 7.16. The van der Waals surface area contributed by atoms with Crippen molar-refractivity contribution in [3.05, 3.63) is 81.9 Å². The summed E-state index contributed by atoms with van der Waals surface area (Å²) in [4.78, 5) is 30.3. The smallest absolute Gasteiger partial charge is 0.257 e. The lowest BCUT2D eigenvalue weighted by atomic mass is 10.1. The highest BCUT2D eigenvalue weighted by Crippen LogP contribution is 2.38. The molecular weight excluding hydrogens is 396 g/mol. The number of nitrogens with zero attached hydrogens (tertiary/aromatic N) is 1. The summed E-state index contributed by atoms with van der Waals surface area (Å²) in [6.45, 7) is 0.309. The SMILES string of the molecule is O=C(Nc1nc2c(s1)CC[C@H]2C(=O)NCc1ccc(F)cc1)c1ccc(F)cc1. The van der Waals surface area contributed by atoms with Crippen LogP contribution in [0.25, 0.3) is 0 Å². The standard InChI is InChI=1S/C21H17F2N3O2S/c22-14-5-1-12(2-6-14)11-24-20(28)16-9-10-17-18(16)25-21(29-17)26-19(27)13-3-7-15(23)8-4-13/h1-8,16H,9-11H2,(H,24,28)(H,25,26,27)/t16-/m1/s1. The molecule has 1 heterocycles. The topological polar surface area (TPSA) is 71.1 Å². The fourth-order valence-corrected chi connectivity index (χ4v) is 4.25. The first-order valence-electron chi connectivity index (χ1n) is 9.08. The summed E-state index contributed by atoms with van der Waals surface area (Å²) >= 11 is 1.35. The molecule has 3 aromatic rings. The van der Waals surface area contributed by atoms with E-state index in [1.807, 2.05) is 0 Å². The maximum absolute atomic E-state index is 13.0. The van der Waals surface area contributed by atoms with Gasteiger partial charge in [0.1, 0.15) is 11.6 Å². The van der Waals surface area contributed by atoms with Gasteiger partial charge in [0, 0.05) is 17.0 Å². The number of halogens is 2. The van der Waals surface area contributed by atoms with Gasteiger partial charge in [-0.1, -0.05) is 12.1 Å². The third kappa shape index (κ3) is 4.32. The first-order chi connectivity index (χ1) is 14.0. The van der Waals surface area contributed by atoms with Crippen molar-refractivity contribution in [2.75, 3.05) is 5.32 Å². The van der Waals surface area contributed by atoms with Crippen molar-refractivity contribution in [2.45, 2.75) is 25.3 Å². The Hall–Kier alpha value is -3.13. The minimum atomic E-state index is -0.413. The van der Waals surface area contributed by atoms with Crippen molar-refractivity contribution in [2.24, 2.45) is 0 Å². The van der Waals surface area contributed by atoms with Crippen LogP contribution in [0.4, 0.5) is 13.9 Å². The fraction of sp³-hybridized carbons (Fsp3) is 0.190. The van der Waals surface area contributed by atoms with Crippen molar-refractivity contribution in [3.8, 4) is 0 Å². The molecule has 0 spiro atoms. The average molecular weight is 413 g/mol. The fourth-order valence-electron chi connectivity index (χ4n) is 3.22. The molecule has 1 atom stereocenters. The summed E-state index contributed by atoms with van der Waals surface area (Å²) in [6.07, 6.45) is 1.38. The number of fused-ring (bicyclic) bond motifs is 1. The number of rotatable bonds is 5. The average Bonchev–Trinajstić information content (AvgIpc) is 3.28. The molecule has 2 N–H and O–H groups in total. The number of nitrogens with one attached hydrogen (secondary N) is 2. The van der Waals surface area contributed by atoms with Gasteiger partial charge >= 0.3 is 0 Å². The number of carbonyl (C=O) groups excluding carboxylic acids is 2. The van der Waals surface area contributed by atoms with Crippen LogP contribution < -0.4 is 10.6 Å². The van der Waals surface area contributed by atoms with E-state index in [0.29, 0.717) is 35.8 Å². The van der Waals surface area contributed by atoms with Crippen LogP contribution in [0.1, 0.15) is 38.8 Å². The number of benzene rings is 2. The minimum Gasteiger partial charge on any atom is -0.351 e. The summed E-state index contributed by atoms with van der Waals surface area (Å²) < 4.78 is 26.0. The van der Waals surface area contributed by atoms with Gasteiger partial charge in [0.2, 0.25) is 5.91 Å². The Balaban J connectivity index is 1.40. The van der Waals surface area contributed by atoms with Crippen molar-refractivity contribution >= 4 is 28.3 Å². The molecule has 0 bridgehead atoms. The quantitative estimate of drug-likeness (QED) is 0.664. The second-order valence-electron chi connectivity index (χ2n) is 6.72. The first-order valence-corrected chi connectivity index (χ1v) is 9.90. The van der Waals surface area contributed by atoms with Crippen molar-refractivity contribution in [1.82, 2.24) is 10.3 Å². The van der Waals surface area contributed by atoms with Gasteiger partial charge in [-0.2, -0.15) is 0 Å². The normalized spacial score (nSPS) is 15.0. The van der Waals surface area contributed by atoms with E-state index in [1.54, 1.807) is 12.1 Å². The van der Waals surface area contributed by atoms with Gasteiger partial charge in [-0.05, 0) is 54.8 Å². The predicted octanol–water partition coefficient (Wildman–Crippen LogP) is 4.02. The maximum Gasteiger partial charge on any atom is 0.257 e. The lowest BCUT2D eigenvalue weighted by molar-refractivity contribution is -0.122. The molecule has 148 valence electrons. The van der Waals surface area contributed by atoms with Crippen LogP contribution in [-0.2, 0) is 17.8 Å². The number of amides is 2. The Kier molecular flexibility index (Phi) is 5.35. The molecule has 1 aliphatic carbocycles. The third-order valence-corrected chi connectivity index (χ3v) is 5.79. The molecule has 0 saturated heterocycles. The van der Waals surface area contributed by atoms with Gasteiger partial charge in [0.25, 0.3) is 5.91 Å². The molecule has 0 unspecified atom stereocenters. The third-order valence-electron chi connectivity index (χ3n) is 4.74. The zero-order valence-electron chi connectivity index (χ0n) is 15.2. The van der Waals surface area contributed by atoms with Crippen LogP contribution in [0.5, 0.6) is 0 Å². The van der Waals surface area contributed by atoms with Crippen LogP contribution in [0.3, 0.4) is 0 Å². The molecule has 2 amide bonds. The molecule has 0 fully saturated rings. The monoisotopic (exact) mass is 413 g/mol. The summed E-state index contributed by atoms with van der Waals surface area (Å²) in [7, 11) is 0. The lowest BCUT2D eigenvalue weighted by Crippen LogP contribution is -2.28. The van der Waals surface area contributed by atoms with Gasteiger partial charge in [-0.15, -0.1) is 11.3 Å².